The lowest BCUT2D eigenvalue weighted by molar-refractivity contribution is -0.254. The van der Waals surface area contributed by atoms with E-state index >= 15 is 0 Å². The summed E-state index contributed by atoms with van der Waals surface area (Å²) in [7, 11) is 0. The SMILES string of the molecule is CCCCCCCCCCCCCCCCCC(=O)N(CCCCCCCCCCCC)[C@@H]1O[C@H](CN=[N+]=[N-])[C@H](O)[C@H](O)[C@H]1O. The zero-order valence-electron chi connectivity index (χ0n) is 29.1. The van der Waals surface area contributed by atoms with Gasteiger partial charge in [-0.25, -0.2) is 0 Å². The topological polar surface area (TPSA) is 139 Å². The molecule has 0 bridgehead atoms. The Hall–Kier alpha value is -1.38. The van der Waals surface area contributed by atoms with Crippen LogP contribution in [0.25, 0.3) is 10.4 Å². The number of amides is 1. The maximum atomic E-state index is 13.4. The summed E-state index contributed by atoms with van der Waals surface area (Å²) in [6, 6.07) is 0. The molecule has 1 aliphatic rings. The molecule has 9 heteroatoms. The van der Waals surface area contributed by atoms with E-state index in [1.807, 2.05) is 0 Å². The van der Waals surface area contributed by atoms with E-state index in [9.17, 15) is 20.1 Å². The summed E-state index contributed by atoms with van der Waals surface area (Å²) in [4.78, 5) is 17.7. The highest BCUT2D eigenvalue weighted by Gasteiger charge is 2.46. The predicted molar refractivity (Wildman–Crippen MR) is 184 cm³/mol. The quantitative estimate of drug-likeness (QED) is 0.0312. The number of aliphatic hydroxyl groups excluding tert-OH is 3. The van der Waals surface area contributed by atoms with E-state index in [4.69, 9.17) is 10.3 Å². The van der Waals surface area contributed by atoms with Gasteiger partial charge in [-0.15, -0.1) is 0 Å². The van der Waals surface area contributed by atoms with Crippen LogP contribution in [0.15, 0.2) is 5.11 Å². The lowest BCUT2D eigenvalue weighted by Crippen LogP contribution is -2.64. The molecule has 0 radical (unpaired) electrons. The average Bonchev–Trinajstić information content (AvgIpc) is 3.04. The number of hydrogen-bond acceptors (Lipinski definition) is 6. The Labute approximate surface area is 275 Å². The van der Waals surface area contributed by atoms with Crippen LogP contribution >= 0.6 is 0 Å². The Morgan fingerprint density at radius 2 is 1.02 bits per heavy atom. The third-order valence-electron chi connectivity index (χ3n) is 9.39. The maximum absolute atomic E-state index is 13.4. The van der Waals surface area contributed by atoms with Crippen molar-refractivity contribution in [2.24, 2.45) is 5.11 Å². The molecule has 1 aliphatic heterocycles. The third kappa shape index (κ3) is 19.8. The van der Waals surface area contributed by atoms with Gasteiger partial charge in [-0.3, -0.25) is 4.79 Å². The molecule has 1 rings (SSSR count). The van der Waals surface area contributed by atoms with Gasteiger partial charge in [-0.2, -0.15) is 0 Å². The normalized spacial score (nSPS) is 21.5. The Bertz CT molecular complexity index is 751. The molecule has 1 fully saturated rings. The number of aliphatic hydroxyl groups is 3. The van der Waals surface area contributed by atoms with Crippen LogP contribution in [0, 0.1) is 0 Å². The molecule has 0 aromatic carbocycles. The number of azide groups is 1. The van der Waals surface area contributed by atoms with Crippen molar-refractivity contribution in [2.75, 3.05) is 13.1 Å². The summed E-state index contributed by atoms with van der Waals surface area (Å²) in [5, 5.41) is 35.2. The van der Waals surface area contributed by atoms with E-state index in [0.717, 1.165) is 38.5 Å². The molecular formula is C36H70N4O5. The molecule has 9 nitrogen and oxygen atoms in total. The molecule has 0 spiro atoms. The maximum Gasteiger partial charge on any atom is 0.224 e. The number of rotatable bonds is 30. The van der Waals surface area contributed by atoms with Crippen molar-refractivity contribution in [2.45, 2.75) is 211 Å². The number of carbonyl (C=O) groups is 1. The van der Waals surface area contributed by atoms with E-state index in [1.165, 1.54) is 122 Å². The van der Waals surface area contributed by atoms with Crippen LogP contribution in [0.5, 0.6) is 0 Å². The molecule has 1 heterocycles. The Morgan fingerprint density at radius 1 is 0.622 bits per heavy atom. The summed E-state index contributed by atoms with van der Waals surface area (Å²) >= 11 is 0. The second-order valence-corrected chi connectivity index (χ2v) is 13.4. The average molecular weight is 639 g/mol. The highest BCUT2D eigenvalue weighted by Crippen LogP contribution is 2.26. The molecule has 0 aromatic heterocycles. The van der Waals surface area contributed by atoms with Crippen LogP contribution < -0.4 is 0 Å². The zero-order valence-corrected chi connectivity index (χ0v) is 29.1. The highest BCUT2D eigenvalue weighted by molar-refractivity contribution is 5.76. The van der Waals surface area contributed by atoms with Crippen LogP contribution in [0.4, 0.5) is 0 Å². The molecule has 0 unspecified atom stereocenters. The molecule has 1 amide bonds. The molecule has 1 saturated heterocycles. The molecular weight excluding hydrogens is 568 g/mol. The van der Waals surface area contributed by atoms with E-state index in [1.54, 1.807) is 4.90 Å². The van der Waals surface area contributed by atoms with Crippen LogP contribution in [0.3, 0.4) is 0 Å². The van der Waals surface area contributed by atoms with Crippen LogP contribution in [0.2, 0.25) is 0 Å². The molecule has 0 aromatic rings. The Kier molecular flexibility index (Phi) is 26.7. The van der Waals surface area contributed by atoms with Crippen molar-refractivity contribution in [1.82, 2.24) is 4.90 Å². The third-order valence-corrected chi connectivity index (χ3v) is 9.39. The lowest BCUT2D eigenvalue weighted by atomic mass is 9.97. The van der Waals surface area contributed by atoms with Crippen molar-refractivity contribution < 1.29 is 24.9 Å². The second kappa shape index (κ2) is 28.8. The monoisotopic (exact) mass is 639 g/mol. The van der Waals surface area contributed by atoms with Gasteiger partial charge in [0.2, 0.25) is 5.91 Å². The smallest absolute Gasteiger partial charge is 0.224 e. The summed E-state index contributed by atoms with van der Waals surface area (Å²) in [5.74, 6) is -0.101. The van der Waals surface area contributed by atoms with Crippen molar-refractivity contribution in [3.63, 3.8) is 0 Å². The van der Waals surface area contributed by atoms with Crippen molar-refractivity contribution in [3.8, 4) is 0 Å². The van der Waals surface area contributed by atoms with Gasteiger partial charge in [-0.1, -0.05) is 167 Å². The van der Waals surface area contributed by atoms with Gasteiger partial charge >= 0.3 is 0 Å². The molecule has 0 aliphatic carbocycles. The second-order valence-electron chi connectivity index (χ2n) is 13.4. The van der Waals surface area contributed by atoms with Crippen molar-refractivity contribution >= 4 is 5.91 Å². The summed E-state index contributed by atoms with van der Waals surface area (Å²) in [6.07, 6.45) is 24.6. The number of hydrogen-bond donors (Lipinski definition) is 3. The van der Waals surface area contributed by atoms with Crippen LogP contribution in [-0.4, -0.2) is 69.9 Å². The fourth-order valence-corrected chi connectivity index (χ4v) is 6.41. The standard InChI is InChI=1S/C36H70N4O5/c1-3-5-7-9-11-13-15-16-17-18-19-20-22-24-26-28-32(41)40(29-27-25-23-21-14-12-10-8-6-4-2)36-35(44)34(43)33(42)31(45-36)30-38-39-37/h31,33-36,42-44H,3-30H2,1-2H3/t31-,33+,34+,35-,36-/m1/s1. The van der Waals surface area contributed by atoms with Crippen molar-refractivity contribution in [1.29, 1.82) is 0 Å². The zero-order chi connectivity index (χ0) is 33.0. The first-order chi connectivity index (χ1) is 22.0. The molecule has 3 N–H and O–H groups in total. The lowest BCUT2D eigenvalue weighted by Gasteiger charge is -2.45. The molecule has 45 heavy (non-hydrogen) atoms. The van der Waals surface area contributed by atoms with Gasteiger partial charge in [0.25, 0.3) is 0 Å². The number of ether oxygens (including phenoxy) is 1. The van der Waals surface area contributed by atoms with Crippen molar-refractivity contribution in [3.05, 3.63) is 10.4 Å². The Morgan fingerprint density at radius 3 is 1.44 bits per heavy atom. The van der Waals surface area contributed by atoms with Gasteiger partial charge in [-0.05, 0) is 18.4 Å². The van der Waals surface area contributed by atoms with Gasteiger partial charge in [0, 0.05) is 17.9 Å². The minimum Gasteiger partial charge on any atom is -0.388 e. The van der Waals surface area contributed by atoms with E-state index in [2.05, 4.69) is 23.9 Å². The summed E-state index contributed by atoms with van der Waals surface area (Å²) in [5.41, 5.74) is 8.73. The van der Waals surface area contributed by atoms with Gasteiger partial charge in [0.15, 0.2) is 6.23 Å². The number of carbonyl (C=O) groups excluding carboxylic acids is 1. The first kappa shape index (κ1) is 41.6. The first-order valence-electron chi connectivity index (χ1n) is 19.0. The summed E-state index contributed by atoms with van der Waals surface area (Å²) in [6.45, 7) is 4.73. The summed E-state index contributed by atoms with van der Waals surface area (Å²) < 4.78 is 5.92. The van der Waals surface area contributed by atoms with Gasteiger partial charge < -0.3 is 25.0 Å². The molecule has 5 atom stereocenters. The first-order valence-corrected chi connectivity index (χ1v) is 19.0. The Balaban J connectivity index is 2.43. The van der Waals surface area contributed by atoms with Crippen LogP contribution in [-0.2, 0) is 9.53 Å². The van der Waals surface area contributed by atoms with E-state index < -0.39 is 30.6 Å². The predicted octanol–water partition coefficient (Wildman–Crippen LogP) is 9.12. The minimum absolute atomic E-state index is 0.101. The van der Waals surface area contributed by atoms with E-state index in [-0.39, 0.29) is 12.5 Å². The van der Waals surface area contributed by atoms with Crippen LogP contribution in [0.1, 0.15) is 181 Å². The highest BCUT2D eigenvalue weighted by atomic mass is 16.6. The molecule has 264 valence electrons. The largest absolute Gasteiger partial charge is 0.388 e. The fourth-order valence-electron chi connectivity index (χ4n) is 6.41. The van der Waals surface area contributed by atoms with Gasteiger partial charge in [0.05, 0.1) is 12.6 Å². The minimum atomic E-state index is -1.49. The van der Waals surface area contributed by atoms with E-state index in [0.29, 0.717) is 13.0 Å². The molecule has 0 saturated carbocycles. The number of nitrogens with zero attached hydrogens (tertiary/aromatic N) is 4. The number of unbranched alkanes of at least 4 members (excludes halogenated alkanes) is 23. The van der Waals surface area contributed by atoms with Gasteiger partial charge in [0.1, 0.15) is 18.3 Å². The fraction of sp³-hybridized carbons (Fsp3) is 0.972.